The molecule has 0 aromatic heterocycles. The molecule has 1 N–H and O–H groups in total. The van der Waals surface area contributed by atoms with Crippen molar-refractivity contribution in [3.63, 3.8) is 0 Å². The van der Waals surface area contributed by atoms with E-state index >= 15 is 0 Å². The highest BCUT2D eigenvalue weighted by atomic mass is 19.1. The minimum Gasteiger partial charge on any atom is -0.481 e. The van der Waals surface area contributed by atoms with Crippen LogP contribution in [0.4, 0.5) is 8.78 Å². The number of hydrogen-bond acceptors (Lipinski definition) is 3. The maximum Gasteiger partial charge on any atom is 0.261 e. The normalized spacial score (nSPS) is 11.6. The lowest BCUT2D eigenvalue weighted by atomic mass is 10.0. The lowest BCUT2D eigenvalue weighted by Gasteiger charge is -2.15. The third kappa shape index (κ3) is 5.48. The first-order chi connectivity index (χ1) is 13.9. The van der Waals surface area contributed by atoms with Gasteiger partial charge in [0.25, 0.3) is 5.91 Å². The Morgan fingerprint density at radius 2 is 1.31 bits per heavy atom. The van der Waals surface area contributed by atoms with Gasteiger partial charge < -0.3 is 10.1 Å². The number of halogens is 2. The predicted octanol–water partition coefficient (Wildman–Crippen LogP) is 4.28. The van der Waals surface area contributed by atoms with Crippen LogP contribution >= 0.6 is 0 Å². The van der Waals surface area contributed by atoms with E-state index in [0.717, 1.165) is 5.56 Å². The van der Waals surface area contributed by atoms with E-state index in [2.05, 4.69) is 5.32 Å². The van der Waals surface area contributed by atoms with Gasteiger partial charge in [-0.3, -0.25) is 9.59 Å². The number of hydrogen-bond donors (Lipinski definition) is 1. The molecule has 0 saturated heterocycles. The monoisotopic (exact) mass is 395 g/mol. The number of nitrogens with one attached hydrogen (secondary N) is 1. The highest BCUT2D eigenvalue weighted by Crippen LogP contribution is 2.17. The first kappa shape index (κ1) is 20.2. The standard InChI is InChI=1S/C23H19F2NO3/c1-15(23(28)26-14-16-2-8-19(24)9-3-16)29-21-12-6-18(7-13-21)22(27)17-4-10-20(25)11-5-17/h2-13,15H,14H2,1H3,(H,26,28). The summed E-state index contributed by atoms with van der Waals surface area (Å²) in [6, 6.07) is 17.5. The van der Waals surface area contributed by atoms with Crippen LogP contribution in [0.3, 0.4) is 0 Å². The van der Waals surface area contributed by atoms with Crippen molar-refractivity contribution in [1.82, 2.24) is 5.32 Å². The molecule has 6 heteroatoms. The van der Waals surface area contributed by atoms with Crippen molar-refractivity contribution in [1.29, 1.82) is 0 Å². The number of ketones is 1. The predicted molar refractivity (Wildman–Crippen MR) is 105 cm³/mol. The zero-order valence-electron chi connectivity index (χ0n) is 15.7. The maximum absolute atomic E-state index is 13.0. The van der Waals surface area contributed by atoms with Gasteiger partial charge in [0.2, 0.25) is 0 Å². The lowest BCUT2D eigenvalue weighted by molar-refractivity contribution is -0.127. The molecule has 0 spiro atoms. The molecular weight excluding hydrogens is 376 g/mol. The van der Waals surface area contributed by atoms with Crippen LogP contribution in [0.1, 0.15) is 28.4 Å². The fourth-order valence-electron chi connectivity index (χ4n) is 2.65. The molecule has 1 unspecified atom stereocenters. The van der Waals surface area contributed by atoms with Gasteiger partial charge in [-0.1, -0.05) is 12.1 Å². The van der Waals surface area contributed by atoms with Crippen molar-refractivity contribution in [2.45, 2.75) is 19.6 Å². The van der Waals surface area contributed by atoms with Crippen LogP contribution in [0.15, 0.2) is 72.8 Å². The molecule has 0 heterocycles. The van der Waals surface area contributed by atoms with E-state index in [0.29, 0.717) is 16.9 Å². The van der Waals surface area contributed by atoms with Gasteiger partial charge in [0.15, 0.2) is 11.9 Å². The Morgan fingerprint density at radius 1 is 0.828 bits per heavy atom. The number of carbonyl (C=O) groups is 2. The van der Waals surface area contributed by atoms with Crippen LogP contribution in [0.5, 0.6) is 5.75 Å². The van der Waals surface area contributed by atoms with Gasteiger partial charge in [-0.2, -0.15) is 0 Å². The van der Waals surface area contributed by atoms with Crippen molar-refractivity contribution in [3.05, 3.63) is 101 Å². The van der Waals surface area contributed by atoms with Crippen molar-refractivity contribution in [3.8, 4) is 5.75 Å². The van der Waals surface area contributed by atoms with Gasteiger partial charge in [0, 0.05) is 17.7 Å². The van der Waals surface area contributed by atoms with Crippen LogP contribution in [-0.4, -0.2) is 17.8 Å². The van der Waals surface area contributed by atoms with E-state index in [1.807, 2.05) is 0 Å². The van der Waals surface area contributed by atoms with Crippen LogP contribution in [0.2, 0.25) is 0 Å². The van der Waals surface area contributed by atoms with Crippen molar-refractivity contribution in [2.75, 3.05) is 0 Å². The molecule has 1 atom stereocenters. The quantitative estimate of drug-likeness (QED) is 0.608. The highest BCUT2D eigenvalue weighted by molar-refractivity contribution is 6.09. The molecule has 0 bridgehead atoms. The third-order valence-corrected chi connectivity index (χ3v) is 4.29. The smallest absolute Gasteiger partial charge is 0.261 e. The highest BCUT2D eigenvalue weighted by Gasteiger charge is 2.15. The van der Waals surface area contributed by atoms with Crippen LogP contribution < -0.4 is 10.1 Å². The van der Waals surface area contributed by atoms with Gasteiger partial charge in [-0.05, 0) is 73.2 Å². The second kappa shape index (κ2) is 9.10. The van der Waals surface area contributed by atoms with E-state index in [4.69, 9.17) is 4.74 Å². The van der Waals surface area contributed by atoms with Gasteiger partial charge in [0.1, 0.15) is 17.4 Å². The van der Waals surface area contributed by atoms with E-state index < -0.39 is 11.9 Å². The van der Waals surface area contributed by atoms with Crippen molar-refractivity contribution < 1.29 is 23.1 Å². The number of carbonyl (C=O) groups excluding carboxylic acids is 2. The molecule has 0 aliphatic rings. The number of ether oxygens (including phenoxy) is 1. The summed E-state index contributed by atoms with van der Waals surface area (Å²) in [5, 5.41) is 2.72. The molecule has 3 aromatic carbocycles. The third-order valence-electron chi connectivity index (χ3n) is 4.29. The summed E-state index contributed by atoms with van der Waals surface area (Å²) in [6.45, 7) is 1.87. The molecule has 0 radical (unpaired) electrons. The van der Waals surface area contributed by atoms with Gasteiger partial charge >= 0.3 is 0 Å². The summed E-state index contributed by atoms with van der Waals surface area (Å²) in [5.74, 6) is -0.859. The molecule has 1 amide bonds. The second-order valence-corrected chi connectivity index (χ2v) is 6.46. The summed E-state index contributed by atoms with van der Waals surface area (Å²) in [5.41, 5.74) is 1.58. The van der Waals surface area contributed by atoms with Crippen LogP contribution in [0.25, 0.3) is 0 Å². The minimum absolute atomic E-state index is 0.235. The molecule has 4 nitrogen and oxygen atoms in total. The van der Waals surface area contributed by atoms with Crippen LogP contribution in [0, 0.1) is 11.6 Å². The van der Waals surface area contributed by atoms with Gasteiger partial charge in [-0.15, -0.1) is 0 Å². The average molecular weight is 395 g/mol. The molecular formula is C23H19F2NO3. The molecule has 0 saturated carbocycles. The molecule has 29 heavy (non-hydrogen) atoms. The molecule has 0 fully saturated rings. The maximum atomic E-state index is 13.0. The van der Waals surface area contributed by atoms with E-state index in [1.54, 1.807) is 43.3 Å². The largest absolute Gasteiger partial charge is 0.481 e. The number of amides is 1. The first-order valence-electron chi connectivity index (χ1n) is 9.01. The lowest BCUT2D eigenvalue weighted by Crippen LogP contribution is -2.35. The van der Waals surface area contributed by atoms with Crippen LogP contribution in [-0.2, 0) is 11.3 Å². The zero-order valence-corrected chi connectivity index (χ0v) is 15.7. The number of rotatable bonds is 7. The molecule has 148 valence electrons. The summed E-state index contributed by atoms with van der Waals surface area (Å²) < 4.78 is 31.5. The SMILES string of the molecule is CC(Oc1ccc(C(=O)c2ccc(F)cc2)cc1)C(=O)NCc1ccc(F)cc1. The second-order valence-electron chi connectivity index (χ2n) is 6.46. The zero-order chi connectivity index (χ0) is 20.8. The topological polar surface area (TPSA) is 55.4 Å². The Morgan fingerprint density at radius 3 is 1.86 bits per heavy atom. The Balaban J connectivity index is 1.55. The van der Waals surface area contributed by atoms with E-state index in [9.17, 15) is 18.4 Å². The summed E-state index contributed by atoms with van der Waals surface area (Å²) >= 11 is 0. The van der Waals surface area contributed by atoms with Crippen molar-refractivity contribution in [2.24, 2.45) is 0 Å². The minimum atomic E-state index is -0.755. The Labute approximate surface area is 167 Å². The Hall–Kier alpha value is -3.54. The summed E-state index contributed by atoms with van der Waals surface area (Å²) in [7, 11) is 0. The molecule has 0 aliphatic carbocycles. The molecule has 3 rings (SSSR count). The fraction of sp³-hybridized carbons (Fsp3) is 0.130. The Bertz CT molecular complexity index is 984. The van der Waals surface area contributed by atoms with Gasteiger partial charge in [0.05, 0.1) is 0 Å². The van der Waals surface area contributed by atoms with Crippen molar-refractivity contribution >= 4 is 11.7 Å². The fourth-order valence-corrected chi connectivity index (χ4v) is 2.65. The molecule has 3 aromatic rings. The Kier molecular flexibility index (Phi) is 6.34. The summed E-state index contributed by atoms with van der Waals surface area (Å²) in [4.78, 5) is 24.6. The first-order valence-corrected chi connectivity index (χ1v) is 9.01. The number of benzene rings is 3. The summed E-state index contributed by atoms with van der Waals surface area (Å²) in [6.07, 6.45) is -0.755. The average Bonchev–Trinajstić information content (AvgIpc) is 2.73. The van der Waals surface area contributed by atoms with E-state index in [-0.39, 0.29) is 24.1 Å². The van der Waals surface area contributed by atoms with Gasteiger partial charge in [-0.25, -0.2) is 8.78 Å². The molecule has 0 aliphatic heterocycles. The van der Waals surface area contributed by atoms with E-state index in [1.165, 1.54) is 36.4 Å².